The van der Waals surface area contributed by atoms with Crippen LogP contribution in [0.5, 0.6) is 0 Å². The van der Waals surface area contributed by atoms with Crippen LogP contribution in [-0.2, 0) is 27.2 Å². The van der Waals surface area contributed by atoms with Crippen molar-refractivity contribution in [1.29, 1.82) is 0 Å². The molecule has 4 heterocycles. The number of benzene rings is 3. The Morgan fingerprint density at radius 2 is 1.71 bits per heavy atom. The number of amides is 3. The molecule has 9 rings (SSSR count). The van der Waals surface area contributed by atoms with Crippen LogP contribution in [0.15, 0.2) is 48.7 Å². The minimum absolute atomic E-state index is 0.0200. The molecule has 2 aliphatic carbocycles. The number of aromatic nitrogens is 4. The van der Waals surface area contributed by atoms with Crippen molar-refractivity contribution in [1.82, 2.24) is 35.1 Å². The molecule has 3 fully saturated rings. The number of imidazole rings is 2. The molecule has 3 N–H and O–H groups in total. The third kappa shape index (κ3) is 6.42. The minimum atomic E-state index is -0.678. The maximum absolute atomic E-state index is 13.7. The summed E-state index contributed by atoms with van der Waals surface area (Å²) in [6.07, 6.45) is 10.2. The topological polar surface area (TPSA) is 136 Å². The molecule has 2 aromatic heterocycles. The van der Waals surface area contributed by atoms with E-state index < -0.39 is 12.1 Å². The van der Waals surface area contributed by atoms with Gasteiger partial charge in [0.1, 0.15) is 17.7 Å². The molecule has 0 radical (unpaired) electrons. The predicted octanol–water partition coefficient (Wildman–Crippen LogP) is 8.41. The molecule has 0 unspecified atom stereocenters. The zero-order chi connectivity index (χ0) is 38.9. The molecule has 0 bridgehead atoms. The number of nitrogens with zero attached hydrogens (tertiary/aromatic N) is 4. The van der Waals surface area contributed by atoms with Gasteiger partial charge in [-0.15, -0.1) is 0 Å². The standard InChI is InChI=1S/C45H53N7O4/c1-25(2)20-38(53)52-24-45(17-18-45)22-37(52)41-46-23-35(48-41)33-15-14-29(31-8-6-9-32(31)33)27-11-13-30-28(21-27)12-16-34-40(30)49-42(47-34)36-10-7-19-51(36)43(54)39(26(3)4)50-44(55)56-5/h11-16,21,23,25-26,36-37,39H,6-10,17-20,22,24H2,1-5H3,(H,46,48)(H,47,49)(H,50,55)/t36-,37-,39-/m0/s1. The van der Waals surface area contributed by atoms with Gasteiger partial charge < -0.3 is 29.8 Å². The molecule has 4 aliphatic rings. The van der Waals surface area contributed by atoms with Crippen LogP contribution in [0.25, 0.3) is 44.2 Å². The maximum atomic E-state index is 13.7. The Kier molecular flexibility index (Phi) is 9.16. The van der Waals surface area contributed by atoms with E-state index in [1.165, 1.54) is 47.8 Å². The number of H-pyrrole nitrogens is 2. The SMILES string of the molecule is COC(=O)N[C@H](C(=O)N1CCC[C@H]1c1nc2c(ccc3cc(-c4ccc(-c5cnc([C@@H]6CC7(CC7)CN6C(=O)CC(C)C)[nH]5)c5c4CCC5)ccc32)[nH]1)C(C)C. The largest absolute Gasteiger partial charge is 0.453 e. The third-order valence-corrected chi connectivity index (χ3v) is 12.9. The van der Waals surface area contributed by atoms with Gasteiger partial charge in [0.05, 0.1) is 42.1 Å². The summed E-state index contributed by atoms with van der Waals surface area (Å²) in [5.41, 5.74) is 9.62. The van der Waals surface area contributed by atoms with Crippen LogP contribution in [0.3, 0.4) is 0 Å². The normalized spacial score (nSPS) is 20.5. The quantitative estimate of drug-likeness (QED) is 0.138. The number of fused-ring (bicyclic) bond motifs is 4. The monoisotopic (exact) mass is 755 g/mol. The molecule has 3 atom stereocenters. The zero-order valence-electron chi connectivity index (χ0n) is 33.2. The smallest absolute Gasteiger partial charge is 0.407 e. The number of methoxy groups -OCH3 is 1. The highest BCUT2D eigenvalue weighted by atomic mass is 16.5. The van der Waals surface area contributed by atoms with Gasteiger partial charge in [0, 0.05) is 30.5 Å². The summed E-state index contributed by atoms with van der Waals surface area (Å²) >= 11 is 0. The van der Waals surface area contributed by atoms with E-state index in [-0.39, 0.29) is 29.8 Å². The second kappa shape index (κ2) is 14.1. The molecular formula is C45H53N7O4. The highest BCUT2D eigenvalue weighted by molar-refractivity contribution is 6.05. The van der Waals surface area contributed by atoms with E-state index in [1.807, 2.05) is 24.9 Å². The van der Waals surface area contributed by atoms with Crippen molar-refractivity contribution < 1.29 is 19.1 Å². The summed E-state index contributed by atoms with van der Waals surface area (Å²) in [5, 5.41) is 4.92. The minimum Gasteiger partial charge on any atom is -0.453 e. The molecule has 1 spiro atoms. The molecule has 5 aromatic rings. The lowest BCUT2D eigenvalue weighted by molar-refractivity contribution is -0.135. The van der Waals surface area contributed by atoms with Crippen LogP contribution in [0.1, 0.15) is 108 Å². The van der Waals surface area contributed by atoms with E-state index in [0.29, 0.717) is 24.3 Å². The molecule has 56 heavy (non-hydrogen) atoms. The van der Waals surface area contributed by atoms with Crippen molar-refractivity contribution in [2.75, 3.05) is 20.2 Å². The molecular weight excluding hydrogens is 703 g/mol. The number of hydrogen-bond donors (Lipinski definition) is 3. The summed E-state index contributed by atoms with van der Waals surface area (Å²) in [6, 6.07) is 14.6. The number of aromatic amines is 2. The van der Waals surface area contributed by atoms with Gasteiger partial charge in [0.25, 0.3) is 0 Å². The predicted molar refractivity (Wildman–Crippen MR) is 217 cm³/mol. The number of nitrogens with one attached hydrogen (secondary N) is 3. The first-order valence-corrected chi connectivity index (χ1v) is 20.6. The van der Waals surface area contributed by atoms with Gasteiger partial charge in [-0.05, 0) is 108 Å². The van der Waals surface area contributed by atoms with Crippen molar-refractivity contribution >= 4 is 39.7 Å². The highest BCUT2D eigenvalue weighted by Gasteiger charge is 2.54. The Hall–Kier alpha value is -5.19. The molecule has 3 amide bonds. The third-order valence-electron chi connectivity index (χ3n) is 12.9. The van der Waals surface area contributed by atoms with Crippen molar-refractivity contribution in [3.8, 4) is 22.4 Å². The van der Waals surface area contributed by atoms with Gasteiger partial charge in [0.15, 0.2) is 0 Å². The van der Waals surface area contributed by atoms with Crippen LogP contribution >= 0.6 is 0 Å². The van der Waals surface area contributed by atoms with Crippen LogP contribution in [-0.4, -0.2) is 73.9 Å². The van der Waals surface area contributed by atoms with Gasteiger partial charge in [-0.3, -0.25) is 9.59 Å². The first-order chi connectivity index (χ1) is 27.0. The number of rotatable bonds is 9. The summed E-state index contributed by atoms with van der Waals surface area (Å²) in [4.78, 5) is 60.4. The lowest BCUT2D eigenvalue weighted by atomic mass is 9.91. The Labute approximate surface area is 328 Å². The Bertz CT molecular complexity index is 2350. The van der Waals surface area contributed by atoms with Gasteiger partial charge in [-0.25, -0.2) is 14.8 Å². The van der Waals surface area contributed by atoms with E-state index >= 15 is 0 Å². The van der Waals surface area contributed by atoms with Crippen LogP contribution in [0.4, 0.5) is 4.79 Å². The number of carbonyl (C=O) groups is 3. The lowest BCUT2D eigenvalue weighted by Crippen LogP contribution is -2.51. The number of ether oxygens (including phenoxy) is 1. The van der Waals surface area contributed by atoms with E-state index in [9.17, 15) is 14.4 Å². The molecule has 1 saturated carbocycles. The fraction of sp³-hybridized carbons (Fsp3) is 0.489. The first-order valence-electron chi connectivity index (χ1n) is 20.6. The van der Waals surface area contributed by atoms with Crippen LogP contribution in [0.2, 0.25) is 0 Å². The fourth-order valence-corrected chi connectivity index (χ4v) is 9.78. The first kappa shape index (κ1) is 36.4. The Balaban J connectivity index is 0.985. The van der Waals surface area contributed by atoms with Gasteiger partial charge in [-0.1, -0.05) is 58.0 Å². The maximum Gasteiger partial charge on any atom is 0.407 e. The fourth-order valence-electron chi connectivity index (χ4n) is 9.78. The van der Waals surface area contributed by atoms with E-state index in [0.717, 1.165) is 84.2 Å². The van der Waals surface area contributed by atoms with Crippen LogP contribution in [0, 0.1) is 17.3 Å². The highest BCUT2D eigenvalue weighted by Crippen LogP contribution is 2.58. The van der Waals surface area contributed by atoms with Crippen molar-refractivity contribution in [2.45, 2.75) is 104 Å². The average Bonchev–Trinajstić information content (AvgIpc) is 3.84. The second-order valence-corrected chi connectivity index (χ2v) is 17.6. The number of alkyl carbamates (subject to hydrolysis) is 1. The van der Waals surface area contributed by atoms with E-state index in [4.69, 9.17) is 14.7 Å². The molecule has 292 valence electrons. The van der Waals surface area contributed by atoms with E-state index in [1.54, 1.807) is 0 Å². The Morgan fingerprint density at radius 3 is 2.46 bits per heavy atom. The summed E-state index contributed by atoms with van der Waals surface area (Å²) in [5.74, 6) is 2.07. The number of carbonyl (C=O) groups excluding carboxylic acids is 3. The van der Waals surface area contributed by atoms with E-state index in [2.05, 4.69) is 76.5 Å². The van der Waals surface area contributed by atoms with Crippen LogP contribution < -0.4 is 5.32 Å². The lowest BCUT2D eigenvalue weighted by Gasteiger charge is -2.29. The molecule has 11 heteroatoms. The van der Waals surface area contributed by atoms with Crippen molar-refractivity contribution in [3.63, 3.8) is 0 Å². The number of likely N-dealkylation sites (tertiary alicyclic amines) is 2. The Morgan fingerprint density at radius 1 is 0.929 bits per heavy atom. The second-order valence-electron chi connectivity index (χ2n) is 17.6. The van der Waals surface area contributed by atoms with Crippen molar-refractivity contribution in [2.24, 2.45) is 17.3 Å². The molecule has 2 saturated heterocycles. The average molecular weight is 756 g/mol. The van der Waals surface area contributed by atoms with Gasteiger partial charge >= 0.3 is 6.09 Å². The molecule has 3 aromatic carbocycles. The number of hydrogen-bond acceptors (Lipinski definition) is 6. The summed E-state index contributed by atoms with van der Waals surface area (Å²) in [6.45, 7) is 9.55. The summed E-state index contributed by atoms with van der Waals surface area (Å²) in [7, 11) is 1.31. The van der Waals surface area contributed by atoms with Gasteiger partial charge in [-0.2, -0.15) is 0 Å². The summed E-state index contributed by atoms with van der Waals surface area (Å²) < 4.78 is 4.81. The van der Waals surface area contributed by atoms with Gasteiger partial charge in [0.2, 0.25) is 11.8 Å². The van der Waals surface area contributed by atoms with Crippen molar-refractivity contribution in [3.05, 3.63) is 71.4 Å². The molecule has 2 aliphatic heterocycles. The molecule has 11 nitrogen and oxygen atoms in total. The zero-order valence-corrected chi connectivity index (χ0v) is 33.2.